The van der Waals surface area contributed by atoms with Crippen molar-refractivity contribution in [3.8, 4) is 0 Å². The van der Waals surface area contributed by atoms with Gasteiger partial charge in [-0.15, -0.1) is 0 Å². The average molecular weight is 506 g/mol. The molecule has 0 saturated heterocycles. The van der Waals surface area contributed by atoms with Crippen molar-refractivity contribution in [3.63, 3.8) is 0 Å². The van der Waals surface area contributed by atoms with Crippen LogP contribution in [0.5, 0.6) is 0 Å². The number of nitrogens with one attached hydrogen (secondary N) is 1. The third-order valence-corrected chi connectivity index (χ3v) is 6.28. The third-order valence-electron chi connectivity index (χ3n) is 4.83. The number of benzene rings is 2. The number of anilines is 1. The van der Waals surface area contributed by atoms with Crippen LogP contribution >= 0.6 is 11.6 Å². The number of hydrogen-bond donors (Lipinski definition) is 1. The summed E-state index contributed by atoms with van der Waals surface area (Å²) in [6.07, 6.45) is -4.00. The van der Waals surface area contributed by atoms with E-state index in [0.717, 1.165) is 17.2 Å². The summed E-state index contributed by atoms with van der Waals surface area (Å²) in [5.74, 6) is -1.30. The summed E-state index contributed by atoms with van der Waals surface area (Å²) in [5, 5.41) is 2.14. The van der Waals surface area contributed by atoms with E-state index in [1.807, 2.05) is 0 Å². The fraction of sp³-hybridized carbons (Fsp3) is 0.333. The minimum Gasteiger partial charge on any atom is -0.357 e. The van der Waals surface area contributed by atoms with E-state index in [9.17, 15) is 31.2 Å². The summed E-state index contributed by atoms with van der Waals surface area (Å²) in [6.45, 7) is 0.581. The zero-order valence-corrected chi connectivity index (χ0v) is 19.6. The molecular weight excluding hydrogens is 483 g/mol. The Morgan fingerprint density at radius 2 is 1.73 bits per heavy atom. The van der Waals surface area contributed by atoms with E-state index in [1.165, 1.54) is 14.0 Å². The standard InChI is InChI=1S/C21H23ClF3N3O4S/c1-14(20(30)26-2)27(12-15-7-5-4-6-8-15)19(29)13-28(33(3,31)32)18-11-16(21(23,24)25)9-10-17(18)22/h4-11,14H,12-13H2,1-3H3,(H,26,30). The minimum absolute atomic E-state index is 0.0256. The van der Waals surface area contributed by atoms with Crippen LogP contribution < -0.4 is 9.62 Å². The summed E-state index contributed by atoms with van der Waals surface area (Å²) in [5.41, 5.74) is -0.943. The first kappa shape index (κ1) is 26.5. The number of carbonyl (C=O) groups is 2. The molecule has 2 aromatic rings. The predicted molar refractivity (Wildman–Crippen MR) is 119 cm³/mol. The smallest absolute Gasteiger partial charge is 0.357 e. The van der Waals surface area contributed by atoms with E-state index in [2.05, 4.69) is 5.32 Å². The van der Waals surface area contributed by atoms with Gasteiger partial charge >= 0.3 is 6.18 Å². The monoisotopic (exact) mass is 505 g/mol. The van der Waals surface area contributed by atoms with E-state index < -0.39 is 51.9 Å². The number of rotatable bonds is 8. The van der Waals surface area contributed by atoms with Crippen LogP contribution in [-0.2, 0) is 32.3 Å². The first-order valence-corrected chi connectivity index (χ1v) is 11.9. The van der Waals surface area contributed by atoms with Crippen molar-refractivity contribution in [2.24, 2.45) is 0 Å². The molecule has 7 nitrogen and oxygen atoms in total. The van der Waals surface area contributed by atoms with Crippen LogP contribution in [0.3, 0.4) is 0 Å². The van der Waals surface area contributed by atoms with Crippen LogP contribution in [-0.4, -0.2) is 51.0 Å². The van der Waals surface area contributed by atoms with Gasteiger partial charge in [0.15, 0.2) is 0 Å². The summed E-state index contributed by atoms with van der Waals surface area (Å²) in [7, 11) is -2.84. The van der Waals surface area contributed by atoms with Crippen molar-refractivity contribution in [2.45, 2.75) is 25.7 Å². The van der Waals surface area contributed by atoms with Gasteiger partial charge in [-0.3, -0.25) is 13.9 Å². The highest BCUT2D eigenvalue weighted by molar-refractivity contribution is 7.92. The van der Waals surface area contributed by atoms with Gasteiger partial charge in [0.2, 0.25) is 21.8 Å². The van der Waals surface area contributed by atoms with Crippen molar-refractivity contribution >= 4 is 39.1 Å². The van der Waals surface area contributed by atoms with E-state index in [4.69, 9.17) is 11.6 Å². The lowest BCUT2D eigenvalue weighted by Crippen LogP contribution is -2.50. The molecule has 0 aromatic heterocycles. The second-order valence-electron chi connectivity index (χ2n) is 7.23. The Bertz CT molecular complexity index is 1110. The first-order chi connectivity index (χ1) is 15.3. The van der Waals surface area contributed by atoms with Crippen molar-refractivity contribution in [1.82, 2.24) is 10.2 Å². The number of hydrogen-bond acceptors (Lipinski definition) is 4. The maximum Gasteiger partial charge on any atom is 0.416 e. The molecule has 1 unspecified atom stereocenters. The van der Waals surface area contributed by atoms with Crippen LogP contribution in [0.4, 0.5) is 18.9 Å². The molecule has 12 heteroatoms. The van der Waals surface area contributed by atoms with Gasteiger partial charge in [0.1, 0.15) is 12.6 Å². The molecule has 1 atom stereocenters. The zero-order valence-electron chi connectivity index (χ0n) is 18.1. The molecule has 33 heavy (non-hydrogen) atoms. The number of amides is 2. The van der Waals surface area contributed by atoms with Gasteiger partial charge < -0.3 is 10.2 Å². The lowest BCUT2D eigenvalue weighted by Gasteiger charge is -2.31. The molecule has 0 aliphatic rings. The topological polar surface area (TPSA) is 86.8 Å². The lowest BCUT2D eigenvalue weighted by atomic mass is 10.1. The second kappa shape index (κ2) is 10.4. The maximum atomic E-state index is 13.2. The van der Waals surface area contributed by atoms with Gasteiger partial charge in [0.05, 0.1) is 22.5 Å². The molecule has 0 saturated carbocycles. The van der Waals surface area contributed by atoms with Crippen molar-refractivity contribution in [3.05, 3.63) is 64.7 Å². The number of sulfonamides is 1. The van der Waals surface area contributed by atoms with E-state index in [0.29, 0.717) is 22.0 Å². The highest BCUT2D eigenvalue weighted by Crippen LogP contribution is 2.36. The molecule has 0 aliphatic heterocycles. The van der Waals surface area contributed by atoms with Crippen LogP contribution in [0.2, 0.25) is 5.02 Å². The molecule has 2 aromatic carbocycles. The van der Waals surface area contributed by atoms with Crippen LogP contribution in [0.1, 0.15) is 18.1 Å². The quantitative estimate of drug-likeness (QED) is 0.596. The van der Waals surface area contributed by atoms with E-state index in [1.54, 1.807) is 30.3 Å². The summed E-state index contributed by atoms with van der Waals surface area (Å²) < 4.78 is 65.0. The lowest BCUT2D eigenvalue weighted by molar-refractivity contribution is -0.139. The molecule has 0 heterocycles. The first-order valence-electron chi connectivity index (χ1n) is 9.65. The number of nitrogens with zero attached hydrogens (tertiary/aromatic N) is 2. The highest BCUT2D eigenvalue weighted by atomic mass is 35.5. The molecular formula is C21H23ClF3N3O4S. The zero-order chi connectivity index (χ0) is 25.0. The Morgan fingerprint density at radius 3 is 2.24 bits per heavy atom. The number of likely N-dealkylation sites (N-methyl/N-ethyl adjacent to an activating group) is 1. The Labute approximate surface area is 195 Å². The summed E-state index contributed by atoms with van der Waals surface area (Å²) >= 11 is 6.01. The SMILES string of the molecule is CNC(=O)C(C)N(Cc1ccccc1)C(=O)CN(c1cc(C(F)(F)F)ccc1Cl)S(C)(=O)=O. The molecule has 2 amide bonds. The molecule has 0 bridgehead atoms. The third kappa shape index (κ3) is 6.84. The normalized spacial score (nSPS) is 12.7. The van der Waals surface area contributed by atoms with Crippen LogP contribution in [0.25, 0.3) is 0 Å². The minimum atomic E-state index is -4.75. The molecule has 0 radical (unpaired) electrons. The van der Waals surface area contributed by atoms with Crippen LogP contribution in [0, 0.1) is 0 Å². The molecule has 1 N–H and O–H groups in total. The van der Waals surface area contributed by atoms with Crippen molar-refractivity contribution in [2.75, 3.05) is 24.2 Å². The molecule has 2 rings (SSSR count). The maximum absolute atomic E-state index is 13.2. The van der Waals surface area contributed by atoms with Gasteiger partial charge in [-0.2, -0.15) is 13.2 Å². The van der Waals surface area contributed by atoms with Gasteiger partial charge in [-0.05, 0) is 30.7 Å². The molecule has 0 fully saturated rings. The van der Waals surface area contributed by atoms with E-state index >= 15 is 0 Å². The predicted octanol–water partition coefficient (Wildman–Crippen LogP) is 3.29. The van der Waals surface area contributed by atoms with Gasteiger partial charge in [-0.1, -0.05) is 41.9 Å². The average Bonchev–Trinajstić information content (AvgIpc) is 2.74. The Balaban J connectivity index is 2.48. The largest absolute Gasteiger partial charge is 0.416 e. The fourth-order valence-corrected chi connectivity index (χ4v) is 4.17. The summed E-state index contributed by atoms with van der Waals surface area (Å²) in [6, 6.07) is 9.87. The number of carbonyl (C=O) groups excluding carboxylic acids is 2. The van der Waals surface area contributed by atoms with Gasteiger partial charge in [-0.25, -0.2) is 8.42 Å². The van der Waals surface area contributed by atoms with Crippen molar-refractivity contribution in [1.29, 1.82) is 0 Å². The second-order valence-corrected chi connectivity index (χ2v) is 9.55. The van der Waals surface area contributed by atoms with Gasteiger partial charge in [0.25, 0.3) is 0 Å². The fourth-order valence-electron chi connectivity index (χ4n) is 3.05. The summed E-state index contributed by atoms with van der Waals surface area (Å²) in [4.78, 5) is 26.6. The van der Waals surface area contributed by atoms with Crippen molar-refractivity contribution < 1.29 is 31.2 Å². The Kier molecular flexibility index (Phi) is 8.36. The van der Waals surface area contributed by atoms with Gasteiger partial charge in [0, 0.05) is 13.6 Å². The van der Waals surface area contributed by atoms with Crippen LogP contribution in [0.15, 0.2) is 48.5 Å². The number of halogens is 4. The highest BCUT2D eigenvalue weighted by Gasteiger charge is 2.34. The molecule has 0 aliphatic carbocycles. The molecule has 180 valence electrons. The number of alkyl halides is 3. The Morgan fingerprint density at radius 1 is 1.12 bits per heavy atom. The molecule has 0 spiro atoms. The van der Waals surface area contributed by atoms with E-state index in [-0.39, 0.29) is 11.6 Å². The Hall–Kier alpha value is -2.79.